The first-order valence-corrected chi connectivity index (χ1v) is 6.50. The van der Waals surface area contributed by atoms with Crippen molar-refractivity contribution < 1.29 is 9.53 Å². The average molecular weight is 273 g/mol. The number of carbonyl (C=O) groups is 1. The molecule has 0 bridgehead atoms. The number of carbonyl (C=O) groups excluding carboxylic acids is 1. The van der Waals surface area contributed by atoms with Gasteiger partial charge in [0.15, 0.2) is 0 Å². The Morgan fingerprint density at radius 1 is 1.50 bits per heavy atom. The van der Waals surface area contributed by atoms with Crippen molar-refractivity contribution in [2.75, 3.05) is 11.9 Å². The zero-order valence-electron chi connectivity index (χ0n) is 11.1. The molecular formula is C13H15N5O2. The van der Waals surface area contributed by atoms with E-state index in [2.05, 4.69) is 20.8 Å². The maximum absolute atomic E-state index is 12.0. The molecule has 0 saturated carbocycles. The van der Waals surface area contributed by atoms with Crippen molar-refractivity contribution in [2.24, 2.45) is 0 Å². The molecule has 1 N–H and O–H groups in total. The van der Waals surface area contributed by atoms with Gasteiger partial charge in [0.1, 0.15) is 12.4 Å². The van der Waals surface area contributed by atoms with Crippen molar-refractivity contribution in [3.05, 3.63) is 30.1 Å². The van der Waals surface area contributed by atoms with Crippen LogP contribution in [0.1, 0.15) is 18.4 Å². The van der Waals surface area contributed by atoms with Crippen molar-refractivity contribution in [3.63, 3.8) is 0 Å². The fourth-order valence-electron chi connectivity index (χ4n) is 2.21. The van der Waals surface area contributed by atoms with Gasteiger partial charge >= 0.3 is 0 Å². The number of ether oxygens (including phenoxy) is 1. The Morgan fingerprint density at radius 2 is 2.40 bits per heavy atom. The van der Waals surface area contributed by atoms with Gasteiger partial charge in [-0.05, 0) is 47.9 Å². The average Bonchev–Trinajstić information content (AvgIpc) is 3.14. The van der Waals surface area contributed by atoms with Gasteiger partial charge in [-0.25, -0.2) is 4.68 Å². The van der Waals surface area contributed by atoms with Gasteiger partial charge in [0.2, 0.25) is 0 Å². The predicted octanol–water partition coefficient (Wildman–Crippen LogP) is 1.09. The summed E-state index contributed by atoms with van der Waals surface area (Å²) < 4.78 is 6.93. The first-order chi connectivity index (χ1) is 9.74. The van der Waals surface area contributed by atoms with Gasteiger partial charge in [-0.2, -0.15) is 0 Å². The van der Waals surface area contributed by atoms with E-state index in [1.807, 2.05) is 25.1 Å². The monoisotopic (exact) mass is 273 g/mol. The summed E-state index contributed by atoms with van der Waals surface area (Å²) >= 11 is 0. The smallest absolute Gasteiger partial charge is 0.253 e. The van der Waals surface area contributed by atoms with Crippen molar-refractivity contribution in [2.45, 2.75) is 25.9 Å². The van der Waals surface area contributed by atoms with Gasteiger partial charge in [0, 0.05) is 12.3 Å². The van der Waals surface area contributed by atoms with Gasteiger partial charge in [0.25, 0.3) is 5.91 Å². The van der Waals surface area contributed by atoms with Crippen LogP contribution in [-0.4, -0.2) is 38.8 Å². The number of aryl methyl sites for hydroxylation is 1. The summed E-state index contributed by atoms with van der Waals surface area (Å²) in [4.78, 5) is 12.0. The number of hydrogen-bond donors (Lipinski definition) is 1. The van der Waals surface area contributed by atoms with E-state index in [1.165, 1.54) is 6.33 Å². The lowest BCUT2D eigenvalue weighted by Gasteiger charge is -2.12. The molecule has 0 radical (unpaired) electrons. The van der Waals surface area contributed by atoms with Crippen molar-refractivity contribution >= 4 is 11.6 Å². The zero-order valence-corrected chi connectivity index (χ0v) is 11.1. The van der Waals surface area contributed by atoms with Crippen molar-refractivity contribution in [1.82, 2.24) is 20.2 Å². The Hall–Kier alpha value is -2.28. The molecule has 0 spiro atoms. The Labute approximate surface area is 115 Å². The number of nitrogens with zero attached hydrogens (tertiary/aromatic N) is 4. The number of anilines is 1. The lowest BCUT2D eigenvalue weighted by atomic mass is 10.1. The maximum Gasteiger partial charge on any atom is 0.253 e. The van der Waals surface area contributed by atoms with Crippen LogP contribution in [0.4, 0.5) is 5.69 Å². The molecule has 1 aliphatic heterocycles. The van der Waals surface area contributed by atoms with Gasteiger partial charge in [0.05, 0.1) is 5.69 Å². The van der Waals surface area contributed by atoms with Crippen molar-refractivity contribution in [3.8, 4) is 5.69 Å². The normalized spacial score (nSPS) is 18.1. The van der Waals surface area contributed by atoms with Gasteiger partial charge < -0.3 is 10.1 Å². The third-order valence-corrected chi connectivity index (χ3v) is 3.29. The minimum Gasteiger partial charge on any atom is -0.368 e. The molecule has 0 aliphatic carbocycles. The Kier molecular flexibility index (Phi) is 3.42. The van der Waals surface area contributed by atoms with Crippen LogP contribution in [-0.2, 0) is 9.53 Å². The number of aromatic nitrogens is 4. The summed E-state index contributed by atoms with van der Waals surface area (Å²) in [5.74, 6) is -0.103. The number of rotatable bonds is 3. The highest BCUT2D eigenvalue weighted by molar-refractivity contribution is 5.94. The molecule has 20 heavy (non-hydrogen) atoms. The first kappa shape index (κ1) is 12.7. The van der Waals surface area contributed by atoms with Gasteiger partial charge in [-0.1, -0.05) is 6.07 Å². The van der Waals surface area contributed by atoms with Gasteiger partial charge in [-0.15, -0.1) is 5.10 Å². The number of tetrazole rings is 1. The largest absolute Gasteiger partial charge is 0.368 e. The van der Waals surface area contributed by atoms with Crippen LogP contribution in [0, 0.1) is 6.92 Å². The Bertz CT molecular complexity index is 605. The van der Waals surface area contributed by atoms with E-state index in [0.29, 0.717) is 12.3 Å². The topological polar surface area (TPSA) is 81.9 Å². The predicted molar refractivity (Wildman–Crippen MR) is 71.5 cm³/mol. The zero-order chi connectivity index (χ0) is 13.9. The molecule has 1 atom stereocenters. The molecule has 7 nitrogen and oxygen atoms in total. The third kappa shape index (κ3) is 2.53. The molecule has 1 unspecified atom stereocenters. The quantitative estimate of drug-likeness (QED) is 0.905. The van der Waals surface area contributed by atoms with Crippen LogP contribution < -0.4 is 5.32 Å². The summed E-state index contributed by atoms with van der Waals surface area (Å²) in [5.41, 5.74) is 2.56. The maximum atomic E-state index is 12.0. The summed E-state index contributed by atoms with van der Waals surface area (Å²) in [7, 11) is 0. The fourth-order valence-corrected chi connectivity index (χ4v) is 2.21. The van der Waals surface area contributed by atoms with Crippen LogP contribution in [0.5, 0.6) is 0 Å². The van der Waals surface area contributed by atoms with Gasteiger partial charge in [-0.3, -0.25) is 4.79 Å². The van der Waals surface area contributed by atoms with E-state index >= 15 is 0 Å². The highest BCUT2D eigenvalue weighted by Gasteiger charge is 2.23. The second-order valence-corrected chi connectivity index (χ2v) is 4.75. The molecule has 2 aromatic rings. The lowest BCUT2D eigenvalue weighted by Crippen LogP contribution is -2.26. The molecule has 7 heteroatoms. The SMILES string of the molecule is Cc1ccc(NC(=O)C2CCCO2)cc1-n1cnnn1. The second kappa shape index (κ2) is 5.38. The Morgan fingerprint density at radius 3 is 3.10 bits per heavy atom. The highest BCUT2D eigenvalue weighted by atomic mass is 16.5. The first-order valence-electron chi connectivity index (χ1n) is 6.50. The van der Waals surface area contributed by atoms with Crippen LogP contribution in [0.2, 0.25) is 0 Å². The molecule has 1 amide bonds. The molecule has 2 heterocycles. The number of benzene rings is 1. The summed E-state index contributed by atoms with van der Waals surface area (Å²) in [5, 5.41) is 14.0. The van der Waals surface area contributed by atoms with Crippen molar-refractivity contribution in [1.29, 1.82) is 0 Å². The third-order valence-electron chi connectivity index (χ3n) is 3.29. The molecule has 1 aromatic carbocycles. The van der Waals surface area contributed by atoms with E-state index in [-0.39, 0.29) is 12.0 Å². The van der Waals surface area contributed by atoms with Crippen LogP contribution in [0.3, 0.4) is 0 Å². The van der Waals surface area contributed by atoms with Crippen LogP contribution in [0.25, 0.3) is 5.69 Å². The van der Waals surface area contributed by atoms with E-state index in [4.69, 9.17) is 4.74 Å². The minimum absolute atomic E-state index is 0.103. The van der Waals surface area contributed by atoms with E-state index in [0.717, 1.165) is 24.1 Å². The summed E-state index contributed by atoms with van der Waals surface area (Å²) in [6.07, 6.45) is 2.89. The number of hydrogen-bond acceptors (Lipinski definition) is 5. The van der Waals surface area contributed by atoms with E-state index in [1.54, 1.807) is 4.68 Å². The molecule has 1 aliphatic rings. The summed E-state index contributed by atoms with van der Waals surface area (Å²) in [6, 6.07) is 5.62. The fraction of sp³-hybridized carbons (Fsp3) is 0.385. The van der Waals surface area contributed by atoms with Crippen LogP contribution in [0.15, 0.2) is 24.5 Å². The molecule has 1 fully saturated rings. The number of nitrogens with one attached hydrogen (secondary N) is 1. The molecule has 1 saturated heterocycles. The molecule has 1 aromatic heterocycles. The molecule has 3 rings (SSSR count). The van der Waals surface area contributed by atoms with E-state index < -0.39 is 0 Å². The molecular weight excluding hydrogens is 258 g/mol. The lowest BCUT2D eigenvalue weighted by molar-refractivity contribution is -0.124. The highest BCUT2D eigenvalue weighted by Crippen LogP contribution is 2.20. The standard InChI is InChI=1S/C13H15N5O2/c1-9-4-5-10(7-11(9)18-8-14-16-17-18)15-13(19)12-3-2-6-20-12/h4-5,7-8,12H,2-3,6H2,1H3,(H,15,19). The van der Waals surface area contributed by atoms with Crippen LogP contribution >= 0.6 is 0 Å². The Balaban J connectivity index is 1.80. The minimum atomic E-state index is -0.340. The second-order valence-electron chi connectivity index (χ2n) is 4.75. The van der Waals surface area contributed by atoms with E-state index in [9.17, 15) is 4.79 Å². The molecule has 104 valence electrons. The summed E-state index contributed by atoms with van der Waals surface area (Å²) in [6.45, 7) is 2.62. The number of amides is 1.